The lowest BCUT2D eigenvalue weighted by Gasteiger charge is -2.28. The molecule has 3 amide bonds. The van der Waals surface area contributed by atoms with Crippen molar-refractivity contribution in [1.29, 1.82) is 0 Å². The monoisotopic (exact) mass is 422 g/mol. The molecule has 0 aliphatic carbocycles. The van der Waals surface area contributed by atoms with Crippen molar-refractivity contribution in [1.82, 2.24) is 14.4 Å². The van der Waals surface area contributed by atoms with Crippen LogP contribution in [0.5, 0.6) is 0 Å². The molecule has 8 heteroatoms. The molecule has 0 spiro atoms. The van der Waals surface area contributed by atoms with Crippen LogP contribution in [-0.4, -0.2) is 59.3 Å². The summed E-state index contributed by atoms with van der Waals surface area (Å²) in [5.41, 5.74) is 2.67. The van der Waals surface area contributed by atoms with Crippen LogP contribution in [0, 0.1) is 0 Å². The number of rotatable bonds is 2. The van der Waals surface area contributed by atoms with E-state index in [1.54, 1.807) is 19.0 Å². The maximum absolute atomic E-state index is 13.0. The van der Waals surface area contributed by atoms with Gasteiger partial charge in [0.15, 0.2) is 0 Å². The first-order valence-electron chi connectivity index (χ1n) is 9.92. The molecule has 0 bridgehead atoms. The van der Waals surface area contributed by atoms with E-state index < -0.39 is 0 Å². The largest absolute Gasteiger partial charge is 0.338 e. The normalized spacial score (nSPS) is 16.7. The van der Waals surface area contributed by atoms with Gasteiger partial charge in [0, 0.05) is 37.2 Å². The molecular formula is C22H22N4O3S. The predicted molar refractivity (Wildman–Crippen MR) is 116 cm³/mol. The van der Waals surface area contributed by atoms with E-state index in [1.807, 2.05) is 46.0 Å². The Labute approximate surface area is 178 Å². The molecule has 7 nitrogen and oxygen atoms in total. The Morgan fingerprint density at radius 1 is 1.10 bits per heavy atom. The first-order chi connectivity index (χ1) is 14.4. The summed E-state index contributed by atoms with van der Waals surface area (Å²) in [6, 6.07) is 10.0. The first kappa shape index (κ1) is 18.9. The van der Waals surface area contributed by atoms with Crippen LogP contribution < -0.4 is 4.90 Å². The third-order valence-electron chi connectivity index (χ3n) is 5.99. The van der Waals surface area contributed by atoms with Crippen LogP contribution in [-0.2, 0) is 29.1 Å². The van der Waals surface area contributed by atoms with Gasteiger partial charge in [-0.1, -0.05) is 18.2 Å². The lowest BCUT2D eigenvalue weighted by atomic mass is 10.0. The van der Waals surface area contributed by atoms with Gasteiger partial charge in [-0.25, -0.2) is 0 Å². The van der Waals surface area contributed by atoms with Gasteiger partial charge >= 0.3 is 0 Å². The van der Waals surface area contributed by atoms with Crippen LogP contribution in [0.25, 0.3) is 10.9 Å². The third kappa shape index (κ3) is 2.90. The van der Waals surface area contributed by atoms with Gasteiger partial charge in [0.2, 0.25) is 11.8 Å². The van der Waals surface area contributed by atoms with Crippen molar-refractivity contribution in [3.63, 3.8) is 0 Å². The first-order valence-corrected chi connectivity index (χ1v) is 10.7. The summed E-state index contributed by atoms with van der Waals surface area (Å²) >= 11 is 1.46. The second-order valence-electron chi connectivity index (χ2n) is 7.87. The van der Waals surface area contributed by atoms with Crippen molar-refractivity contribution in [2.75, 3.05) is 32.1 Å². The highest BCUT2D eigenvalue weighted by atomic mass is 32.1. The minimum Gasteiger partial charge on any atom is -0.338 e. The quantitative estimate of drug-likeness (QED) is 0.637. The zero-order valence-electron chi connectivity index (χ0n) is 16.9. The van der Waals surface area contributed by atoms with Crippen LogP contribution in [0.2, 0.25) is 0 Å². The maximum atomic E-state index is 13.0. The molecule has 5 rings (SSSR count). The SMILES string of the molecule is CN1CC(=O)N(C)c2sc3c(c2C1=O)CCN(C(=O)Cn1ccc2ccccc21)C3. The topological polar surface area (TPSA) is 65.9 Å². The highest BCUT2D eigenvalue weighted by Crippen LogP contribution is 2.40. The van der Waals surface area contributed by atoms with Gasteiger partial charge in [-0.05, 0) is 29.5 Å². The average molecular weight is 423 g/mol. The molecule has 0 unspecified atom stereocenters. The predicted octanol–water partition coefficient (Wildman–Crippen LogP) is 2.34. The lowest BCUT2D eigenvalue weighted by Crippen LogP contribution is -2.38. The number of hydrogen-bond acceptors (Lipinski definition) is 4. The number of anilines is 1. The number of amides is 3. The standard InChI is InChI=1S/C22H22N4O3S/c1-23-12-18(27)24(2)22-20(21(23)29)15-8-10-26(11-17(15)30-22)19(28)13-25-9-7-14-5-3-4-6-16(14)25/h3-7,9H,8,10-13H2,1-2H3. The highest BCUT2D eigenvalue weighted by molar-refractivity contribution is 7.17. The van der Waals surface area contributed by atoms with E-state index in [0.717, 1.165) is 21.3 Å². The Morgan fingerprint density at radius 2 is 1.90 bits per heavy atom. The van der Waals surface area contributed by atoms with Gasteiger partial charge in [-0.15, -0.1) is 11.3 Å². The highest BCUT2D eigenvalue weighted by Gasteiger charge is 2.36. The van der Waals surface area contributed by atoms with Gasteiger partial charge in [0.25, 0.3) is 5.91 Å². The van der Waals surface area contributed by atoms with Crippen LogP contribution in [0.4, 0.5) is 5.00 Å². The molecular weight excluding hydrogens is 400 g/mol. The molecule has 0 saturated heterocycles. The molecule has 0 fully saturated rings. The number of fused-ring (bicyclic) bond motifs is 4. The van der Waals surface area contributed by atoms with Crippen LogP contribution in [0.15, 0.2) is 36.5 Å². The van der Waals surface area contributed by atoms with Crippen molar-refractivity contribution in [2.24, 2.45) is 0 Å². The van der Waals surface area contributed by atoms with E-state index in [1.165, 1.54) is 16.2 Å². The molecule has 2 aliphatic heterocycles. The van der Waals surface area contributed by atoms with Gasteiger partial charge < -0.3 is 19.3 Å². The van der Waals surface area contributed by atoms with E-state index >= 15 is 0 Å². The number of hydrogen-bond donors (Lipinski definition) is 0. The summed E-state index contributed by atoms with van der Waals surface area (Å²) in [5.74, 6) is -0.159. The molecule has 3 aromatic rings. The Morgan fingerprint density at radius 3 is 2.73 bits per heavy atom. The van der Waals surface area contributed by atoms with Crippen LogP contribution >= 0.6 is 11.3 Å². The number of likely N-dealkylation sites (N-methyl/N-ethyl adjacent to an activating group) is 2. The molecule has 4 heterocycles. The zero-order chi connectivity index (χ0) is 21.0. The zero-order valence-corrected chi connectivity index (χ0v) is 17.7. The molecule has 0 atom stereocenters. The van der Waals surface area contributed by atoms with Crippen LogP contribution in [0.3, 0.4) is 0 Å². The summed E-state index contributed by atoms with van der Waals surface area (Å²) < 4.78 is 1.97. The Bertz CT molecular complexity index is 1190. The summed E-state index contributed by atoms with van der Waals surface area (Å²) in [4.78, 5) is 44.2. The van der Waals surface area contributed by atoms with Gasteiger partial charge in [0.1, 0.15) is 18.1 Å². The number of benzene rings is 1. The maximum Gasteiger partial charge on any atom is 0.257 e. The second kappa shape index (κ2) is 6.98. The molecule has 1 aromatic carbocycles. The molecule has 30 heavy (non-hydrogen) atoms. The van der Waals surface area contributed by atoms with Crippen molar-refractivity contribution in [2.45, 2.75) is 19.5 Å². The fourth-order valence-corrected chi connectivity index (χ4v) is 5.60. The minimum atomic E-state index is -0.112. The van der Waals surface area contributed by atoms with E-state index in [4.69, 9.17) is 0 Å². The lowest BCUT2D eigenvalue weighted by molar-refractivity contribution is -0.132. The number of thiophene rings is 1. The van der Waals surface area contributed by atoms with E-state index in [0.29, 0.717) is 30.1 Å². The van der Waals surface area contributed by atoms with Gasteiger partial charge in [0.05, 0.1) is 12.1 Å². The molecule has 2 aliphatic rings. The third-order valence-corrected chi connectivity index (χ3v) is 7.28. The Kier molecular flexibility index (Phi) is 4.39. The fraction of sp³-hybridized carbons (Fsp3) is 0.318. The van der Waals surface area contributed by atoms with E-state index in [9.17, 15) is 14.4 Å². The summed E-state index contributed by atoms with van der Waals surface area (Å²) in [6.07, 6.45) is 2.57. The fourth-order valence-electron chi connectivity index (χ4n) is 4.27. The Hall–Kier alpha value is -3.13. The molecule has 2 aromatic heterocycles. The van der Waals surface area contributed by atoms with E-state index in [2.05, 4.69) is 0 Å². The molecule has 0 N–H and O–H groups in total. The van der Waals surface area contributed by atoms with Crippen LogP contribution in [0.1, 0.15) is 20.8 Å². The van der Waals surface area contributed by atoms with Gasteiger partial charge in [-0.2, -0.15) is 0 Å². The number of para-hydroxylation sites is 1. The van der Waals surface area contributed by atoms with Crippen molar-refractivity contribution < 1.29 is 14.4 Å². The minimum absolute atomic E-state index is 0.0541. The number of carbonyl (C=O) groups excluding carboxylic acids is 3. The number of carbonyl (C=O) groups is 3. The smallest absolute Gasteiger partial charge is 0.257 e. The van der Waals surface area contributed by atoms with Crippen molar-refractivity contribution in [3.8, 4) is 0 Å². The number of aromatic nitrogens is 1. The van der Waals surface area contributed by atoms with Gasteiger partial charge in [-0.3, -0.25) is 14.4 Å². The van der Waals surface area contributed by atoms with E-state index in [-0.39, 0.29) is 30.8 Å². The molecule has 0 saturated carbocycles. The Balaban J connectivity index is 1.41. The van der Waals surface area contributed by atoms with Crippen molar-refractivity contribution >= 4 is 45.0 Å². The summed E-state index contributed by atoms with van der Waals surface area (Å²) in [5, 5.41) is 1.81. The molecule has 154 valence electrons. The van der Waals surface area contributed by atoms with Crippen molar-refractivity contribution in [3.05, 3.63) is 52.5 Å². The summed E-state index contributed by atoms with van der Waals surface area (Å²) in [6.45, 7) is 1.42. The number of nitrogens with zero attached hydrogens (tertiary/aromatic N) is 4. The molecule has 0 radical (unpaired) electrons. The second-order valence-corrected chi connectivity index (χ2v) is 8.95. The summed E-state index contributed by atoms with van der Waals surface area (Å²) in [7, 11) is 3.38. The average Bonchev–Trinajstić information content (AvgIpc) is 3.31.